The van der Waals surface area contributed by atoms with Crippen molar-refractivity contribution in [1.29, 1.82) is 0 Å². The van der Waals surface area contributed by atoms with Crippen molar-refractivity contribution in [3.05, 3.63) is 0 Å². The second-order valence-electron chi connectivity index (χ2n) is 5.71. The molecule has 1 aliphatic heterocycles. The number of carboxylic acid groups (broad SMARTS) is 1. The highest BCUT2D eigenvalue weighted by Gasteiger charge is 2.54. The smallest absolute Gasteiger partial charge is 0.311 e. The fraction of sp³-hybridized carbons (Fsp3) is 0.923. The molecule has 0 aromatic heterocycles. The SMILES string of the molecule is CC(C)OCCN1C[C@@H]2CCC[C@@]2(C(=O)O)C1. The van der Waals surface area contributed by atoms with Gasteiger partial charge in [0.2, 0.25) is 0 Å². The number of aliphatic carboxylic acids is 1. The molecule has 0 radical (unpaired) electrons. The Morgan fingerprint density at radius 3 is 2.94 bits per heavy atom. The molecule has 0 spiro atoms. The van der Waals surface area contributed by atoms with Crippen LogP contribution >= 0.6 is 0 Å². The minimum atomic E-state index is -0.590. The van der Waals surface area contributed by atoms with Crippen LogP contribution in [0, 0.1) is 11.3 Å². The average Bonchev–Trinajstić information content (AvgIpc) is 2.73. The van der Waals surface area contributed by atoms with Crippen LogP contribution in [0.25, 0.3) is 0 Å². The van der Waals surface area contributed by atoms with E-state index in [9.17, 15) is 9.90 Å². The summed E-state index contributed by atoms with van der Waals surface area (Å²) in [4.78, 5) is 13.7. The molecule has 17 heavy (non-hydrogen) atoms. The first-order chi connectivity index (χ1) is 8.04. The highest BCUT2D eigenvalue weighted by molar-refractivity contribution is 5.76. The molecule has 98 valence electrons. The number of nitrogens with zero attached hydrogens (tertiary/aromatic N) is 1. The van der Waals surface area contributed by atoms with E-state index in [4.69, 9.17) is 4.74 Å². The Hall–Kier alpha value is -0.610. The Morgan fingerprint density at radius 2 is 2.35 bits per heavy atom. The van der Waals surface area contributed by atoms with Crippen LogP contribution in [-0.2, 0) is 9.53 Å². The number of hydrogen-bond acceptors (Lipinski definition) is 3. The Bertz CT molecular complexity index is 292. The molecule has 2 rings (SSSR count). The van der Waals surface area contributed by atoms with Gasteiger partial charge in [0, 0.05) is 19.6 Å². The van der Waals surface area contributed by atoms with Gasteiger partial charge in [-0.1, -0.05) is 6.42 Å². The second-order valence-corrected chi connectivity index (χ2v) is 5.71. The Morgan fingerprint density at radius 1 is 1.59 bits per heavy atom. The summed E-state index contributed by atoms with van der Waals surface area (Å²) in [6.07, 6.45) is 3.26. The second kappa shape index (κ2) is 4.94. The zero-order valence-corrected chi connectivity index (χ0v) is 10.8. The van der Waals surface area contributed by atoms with Crippen LogP contribution in [0.1, 0.15) is 33.1 Å². The quantitative estimate of drug-likeness (QED) is 0.794. The molecule has 1 saturated carbocycles. The summed E-state index contributed by atoms with van der Waals surface area (Å²) >= 11 is 0. The first-order valence-electron chi connectivity index (χ1n) is 6.62. The molecule has 0 aromatic carbocycles. The number of rotatable bonds is 5. The van der Waals surface area contributed by atoms with E-state index in [1.165, 1.54) is 0 Å². The summed E-state index contributed by atoms with van der Waals surface area (Å²) in [5.74, 6) is -0.230. The van der Waals surface area contributed by atoms with Gasteiger partial charge in [0.05, 0.1) is 18.1 Å². The minimum Gasteiger partial charge on any atom is -0.481 e. The molecular formula is C13H23NO3. The first kappa shape index (κ1) is 12.8. The van der Waals surface area contributed by atoms with E-state index in [0.717, 1.165) is 32.4 Å². The number of carboxylic acids is 1. The van der Waals surface area contributed by atoms with Gasteiger partial charge < -0.3 is 9.84 Å². The lowest BCUT2D eigenvalue weighted by Crippen LogP contribution is -2.36. The van der Waals surface area contributed by atoms with Crippen molar-refractivity contribution in [3.8, 4) is 0 Å². The maximum absolute atomic E-state index is 11.5. The molecule has 1 N–H and O–H groups in total. The van der Waals surface area contributed by atoms with Gasteiger partial charge in [-0.2, -0.15) is 0 Å². The summed E-state index contributed by atoms with van der Waals surface area (Å²) in [5.41, 5.74) is -0.447. The van der Waals surface area contributed by atoms with Crippen LogP contribution in [0.5, 0.6) is 0 Å². The van der Waals surface area contributed by atoms with Gasteiger partial charge in [0.15, 0.2) is 0 Å². The van der Waals surface area contributed by atoms with Crippen molar-refractivity contribution in [3.63, 3.8) is 0 Å². The van der Waals surface area contributed by atoms with Crippen LogP contribution in [-0.4, -0.2) is 48.3 Å². The van der Waals surface area contributed by atoms with Crippen LogP contribution in [0.15, 0.2) is 0 Å². The van der Waals surface area contributed by atoms with Crippen molar-refractivity contribution in [1.82, 2.24) is 4.90 Å². The topological polar surface area (TPSA) is 49.8 Å². The molecule has 0 bridgehead atoms. The third-order valence-electron chi connectivity index (χ3n) is 4.23. The molecule has 1 heterocycles. The molecule has 0 unspecified atom stereocenters. The Kier molecular flexibility index (Phi) is 3.73. The van der Waals surface area contributed by atoms with E-state index in [-0.39, 0.29) is 6.10 Å². The number of hydrogen-bond donors (Lipinski definition) is 1. The maximum atomic E-state index is 11.5. The molecular weight excluding hydrogens is 218 g/mol. The molecule has 2 atom stereocenters. The van der Waals surface area contributed by atoms with Crippen molar-refractivity contribution in [2.24, 2.45) is 11.3 Å². The predicted octanol–water partition coefficient (Wildman–Crippen LogP) is 1.60. The van der Waals surface area contributed by atoms with E-state index < -0.39 is 11.4 Å². The number of ether oxygens (including phenoxy) is 1. The lowest BCUT2D eigenvalue weighted by atomic mass is 9.81. The summed E-state index contributed by atoms with van der Waals surface area (Å²) in [6, 6.07) is 0. The Balaban J connectivity index is 1.87. The molecule has 4 heteroatoms. The minimum absolute atomic E-state index is 0.255. The van der Waals surface area contributed by atoms with Crippen molar-refractivity contribution in [2.45, 2.75) is 39.2 Å². The van der Waals surface area contributed by atoms with Gasteiger partial charge in [0.25, 0.3) is 0 Å². The van der Waals surface area contributed by atoms with Crippen LogP contribution in [0.3, 0.4) is 0 Å². The Labute approximate surface area is 103 Å². The number of carbonyl (C=O) groups is 1. The summed E-state index contributed by atoms with van der Waals surface area (Å²) in [5, 5.41) is 9.45. The van der Waals surface area contributed by atoms with Gasteiger partial charge in [-0.15, -0.1) is 0 Å². The van der Waals surface area contributed by atoms with Gasteiger partial charge in [-0.05, 0) is 32.6 Å². The van der Waals surface area contributed by atoms with Crippen molar-refractivity contribution >= 4 is 5.97 Å². The lowest BCUT2D eigenvalue weighted by molar-refractivity contribution is -0.149. The van der Waals surface area contributed by atoms with Gasteiger partial charge in [-0.3, -0.25) is 9.69 Å². The van der Waals surface area contributed by atoms with Gasteiger partial charge in [-0.25, -0.2) is 0 Å². The zero-order chi connectivity index (χ0) is 12.5. The van der Waals surface area contributed by atoms with Crippen molar-refractivity contribution in [2.75, 3.05) is 26.2 Å². The highest BCUT2D eigenvalue weighted by atomic mass is 16.5. The van der Waals surface area contributed by atoms with Gasteiger partial charge in [0.1, 0.15) is 0 Å². The van der Waals surface area contributed by atoms with Crippen molar-refractivity contribution < 1.29 is 14.6 Å². The molecule has 1 saturated heterocycles. The molecule has 1 aliphatic carbocycles. The first-order valence-corrected chi connectivity index (χ1v) is 6.62. The normalized spacial score (nSPS) is 33.2. The van der Waals surface area contributed by atoms with Crippen LogP contribution < -0.4 is 0 Å². The lowest BCUT2D eigenvalue weighted by Gasteiger charge is -2.23. The fourth-order valence-electron chi connectivity index (χ4n) is 3.33. The molecule has 0 aromatic rings. The van der Waals surface area contributed by atoms with E-state index >= 15 is 0 Å². The summed E-state index contributed by atoms with van der Waals surface area (Å²) in [6.45, 7) is 7.28. The van der Waals surface area contributed by atoms with Gasteiger partial charge >= 0.3 is 5.97 Å². The van der Waals surface area contributed by atoms with E-state index in [1.54, 1.807) is 0 Å². The summed E-state index contributed by atoms with van der Waals surface area (Å²) in [7, 11) is 0. The third kappa shape index (κ3) is 2.47. The fourth-order valence-corrected chi connectivity index (χ4v) is 3.33. The number of fused-ring (bicyclic) bond motifs is 1. The average molecular weight is 241 g/mol. The monoisotopic (exact) mass is 241 g/mol. The third-order valence-corrected chi connectivity index (χ3v) is 4.23. The zero-order valence-electron chi connectivity index (χ0n) is 10.8. The summed E-state index contributed by atoms with van der Waals surface area (Å²) < 4.78 is 5.53. The molecule has 4 nitrogen and oxygen atoms in total. The largest absolute Gasteiger partial charge is 0.481 e. The van der Waals surface area contributed by atoms with E-state index in [0.29, 0.717) is 19.1 Å². The standard InChI is InChI=1S/C13H23NO3/c1-10(2)17-7-6-14-8-11-4-3-5-13(11,9-14)12(15)16/h10-11H,3-9H2,1-2H3,(H,15,16)/t11-,13+/m0/s1. The predicted molar refractivity (Wildman–Crippen MR) is 64.9 cm³/mol. The molecule has 2 aliphatic rings. The maximum Gasteiger partial charge on any atom is 0.311 e. The van der Waals surface area contributed by atoms with E-state index in [2.05, 4.69) is 4.90 Å². The van der Waals surface area contributed by atoms with Crippen LogP contribution in [0.4, 0.5) is 0 Å². The van der Waals surface area contributed by atoms with E-state index in [1.807, 2.05) is 13.8 Å². The molecule has 0 amide bonds. The highest BCUT2D eigenvalue weighted by Crippen LogP contribution is 2.48. The number of likely N-dealkylation sites (tertiary alicyclic amines) is 1. The molecule has 2 fully saturated rings. The van der Waals surface area contributed by atoms with Crippen LogP contribution in [0.2, 0.25) is 0 Å².